The van der Waals surface area contributed by atoms with Crippen LogP contribution in [0.5, 0.6) is 0 Å². The molecule has 1 aliphatic rings. The van der Waals surface area contributed by atoms with Gasteiger partial charge in [-0.2, -0.15) is 13.2 Å². The van der Waals surface area contributed by atoms with Crippen molar-refractivity contribution in [2.24, 2.45) is 0 Å². The fourth-order valence-electron chi connectivity index (χ4n) is 1.74. The van der Waals surface area contributed by atoms with E-state index in [1.807, 2.05) is 0 Å². The highest BCUT2D eigenvalue weighted by atomic mass is 19.4. The maximum absolute atomic E-state index is 13.3. The van der Waals surface area contributed by atoms with Gasteiger partial charge < -0.3 is 10.0 Å². The number of aliphatic hydroxyl groups is 1. The van der Waals surface area contributed by atoms with E-state index in [-0.39, 0.29) is 0 Å². The largest absolute Gasteiger partial charge is 0.423 e. The van der Waals surface area contributed by atoms with E-state index in [4.69, 9.17) is 0 Å². The molecular weight excluding hydrogens is 262 g/mol. The first-order chi connectivity index (χ1) is 8.89. The number of halogens is 4. The van der Waals surface area contributed by atoms with Gasteiger partial charge in [-0.05, 0) is 18.2 Å². The average molecular weight is 273 g/mol. The SMILES string of the molecule is OC1C=CC(C(F)C(F)(F)F)=CN1c1ccccc1. The summed E-state index contributed by atoms with van der Waals surface area (Å²) in [7, 11) is 0. The molecule has 1 aliphatic heterocycles. The minimum atomic E-state index is -4.96. The minimum Gasteiger partial charge on any atom is -0.370 e. The number of anilines is 1. The van der Waals surface area contributed by atoms with Gasteiger partial charge in [0, 0.05) is 17.5 Å². The number of benzene rings is 1. The van der Waals surface area contributed by atoms with Crippen LogP contribution in [0.2, 0.25) is 0 Å². The smallest absolute Gasteiger partial charge is 0.370 e. The highest BCUT2D eigenvalue weighted by molar-refractivity contribution is 5.54. The van der Waals surface area contributed by atoms with Gasteiger partial charge in [0.15, 0.2) is 0 Å². The van der Waals surface area contributed by atoms with Gasteiger partial charge in [-0.3, -0.25) is 0 Å². The average Bonchev–Trinajstić information content (AvgIpc) is 2.38. The lowest BCUT2D eigenvalue weighted by atomic mass is 10.1. The lowest BCUT2D eigenvalue weighted by molar-refractivity contribution is -0.168. The van der Waals surface area contributed by atoms with Crippen molar-refractivity contribution in [3.63, 3.8) is 0 Å². The van der Waals surface area contributed by atoms with E-state index in [2.05, 4.69) is 0 Å². The predicted octanol–water partition coefficient (Wildman–Crippen LogP) is 3.17. The van der Waals surface area contributed by atoms with Crippen LogP contribution in [-0.4, -0.2) is 23.7 Å². The molecule has 0 radical (unpaired) electrons. The van der Waals surface area contributed by atoms with Crippen LogP contribution < -0.4 is 4.90 Å². The van der Waals surface area contributed by atoms with Crippen molar-refractivity contribution in [1.29, 1.82) is 0 Å². The number of hydrogen-bond acceptors (Lipinski definition) is 2. The van der Waals surface area contributed by atoms with Crippen molar-refractivity contribution in [3.05, 3.63) is 54.3 Å². The predicted molar refractivity (Wildman–Crippen MR) is 63.1 cm³/mol. The van der Waals surface area contributed by atoms with E-state index in [0.29, 0.717) is 5.69 Å². The number of alkyl halides is 4. The Morgan fingerprint density at radius 1 is 1.16 bits per heavy atom. The molecule has 102 valence electrons. The molecule has 1 aromatic carbocycles. The Morgan fingerprint density at radius 2 is 1.79 bits per heavy atom. The van der Waals surface area contributed by atoms with E-state index in [1.54, 1.807) is 30.3 Å². The molecule has 19 heavy (non-hydrogen) atoms. The molecule has 2 unspecified atom stereocenters. The summed E-state index contributed by atoms with van der Waals surface area (Å²) in [5, 5.41) is 9.72. The first-order valence-electron chi connectivity index (χ1n) is 5.52. The van der Waals surface area contributed by atoms with Gasteiger partial charge in [0.2, 0.25) is 6.17 Å². The summed E-state index contributed by atoms with van der Waals surface area (Å²) in [5.41, 5.74) is -0.0622. The van der Waals surface area contributed by atoms with Crippen LogP contribution in [0.25, 0.3) is 0 Å². The summed E-state index contributed by atoms with van der Waals surface area (Å²) < 4.78 is 50.2. The normalized spacial score (nSPS) is 21.2. The Bertz CT molecular complexity index is 495. The number of rotatable bonds is 2. The molecular formula is C13H11F4NO. The lowest BCUT2D eigenvalue weighted by Gasteiger charge is -2.29. The second kappa shape index (κ2) is 5.05. The molecule has 0 saturated carbocycles. The van der Waals surface area contributed by atoms with Crippen molar-refractivity contribution in [2.75, 3.05) is 4.90 Å². The number of hydrogen-bond donors (Lipinski definition) is 1. The van der Waals surface area contributed by atoms with E-state index in [1.165, 1.54) is 4.90 Å². The lowest BCUT2D eigenvalue weighted by Crippen LogP contribution is -2.34. The molecule has 0 aromatic heterocycles. The van der Waals surface area contributed by atoms with Gasteiger partial charge in [0.25, 0.3) is 0 Å². The van der Waals surface area contributed by atoms with Crippen molar-refractivity contribution in [2.45, 2.75) is 18.6 Å². The monoisotopic (exact) mass is 273 g/mol. The third-order valence-corrected chi connectivity index (χ3v) is 2.67. The van der Waals surface area contributed by atoms with Crippen LogP contribution in [0.1, 0.15) is 0 Å². The van der Waals surface area contributed by atoms with Gasteiger partial charge in [-0.25, -0.2) is 4.39 Å². The minimum absolute atomic E-state index is 0.478. The van der Waals surface area contributed by atoms with E-state index < -0.39 is 24.1 Å². The molecule has 0 aliphatic carbocycles. The van der Waals surface area contributed by atoms with Crippen LogP contribution in [-0.2, 0) is 0 Å². The Morgan fingerprint density at radius 3 is 2.37 bits per heavy atom. The summed E-state index contributed by atoms with van der Waals surface area (Å²) in [6.07, 6.45) is -6.11. The van der Waals surface area contributed by atoms with Crippen LogP contribution in [0, 0.1) is 0 Å². The zero-order chi connectivity index (χ0) is 14.0. The van der Waals surface area contributed by atoms with Crippen LogP contribution in [0.15, 0.2) is 54.3 Å². The first kappa shape index (κ1) is 13.6. The molecule has 0 spiro atoms. The Kier molecular flexibility index (Phi) is 3.61. The highest BCUT2D eigenvalue weighted by Gasteiger charge is 2.42. The Balaban J connectivity index is 2.31. The molecule has 0 amide bonds. The third kappa shape index (κ3) is 2.96. The fourth-order valence-corrected chi connectivity index (χ4v) is 1.74. The molecule has 0 bridgehead atoms. The first-order valence-corrected chi connectivity index (χ1v) is 5.52. The molecule has 1 aromatic rings. The zero-order valence-electron chi connectivity index (χ0n) is 9.68. The summed E-state index contributed by atoms with van der Waals surface area (Å²) in [6, 6.07) is 8.29. The van der Waals surface area contributed by atoms with E-state index >= 15 is 0 Å². The molecule has 0 fully saturated rings. The molecule has 2 atom stereocenters. The number of nitrogens with zero attached hydrogens (tertiary/aromatic N) is 1. The maximum Gasteiger partial charge on any atom is 0.423 e. The quantitative estimate of drug-likeness (QED) is 0.837. The number of allylic oxidation sites excluding steroid dienone is 2. The van der Waals surface area contributed by atoms with Gasteiger partial charge in [0.1, 0.15) is 6.23 Å². The van der Waals surface area contributed by atoms with Crippen molar-refractivity contribution in [1.82, 2.24) is 0 Å². The molecule has 1 heterocycles. The Labute approximate surface area is 107 Å². The van der Waals surface area contributed by atoms with Gasteiger partial charge in [-0.1, -0.05) is 24.3 Å². The summed E-state index contributed by atoms with van der Waals surface area (Å²) >= 11 is 0. The van der Waals surface area contributed by atoms with Crippen LogP contribution in [0.4, 0.5) is 23.2 Å². The second-order valence-electron chi connectivity index (χ2n) is 4.05. The standard InChI is InChI=1S/C13H11F4NO/c14-12(13(15,16)17)9-6-7-11(19)18(8-9)10-4-2-1-3-5-10/h1-8,11-12,19H. The molecule has 2 rings (SSSR count). The number of para-hydroxylation sites is 1. The fraction of sp³-hybridized carbons (Fsp3) is 0.231. The zero-order valence-corrected chi connectivity index (χ0v) is 9.68. The van der Waals surface area contributed by atoms with Gasteiger partial charge in [0.05, 0.1) is 0 Å². The van der Waals surface area contributed by atoms with Crippen molar-refractivity contribution in [3.8, 4) is 0 Å². The van der Waals surface area contributed by atoms with Gasteiger partial charge >= 0.3 is 6.18 Å². The van der Waals surface area contributed by atoms with Crippen LogP contribution in [0.3, 0.4) is 0 Å². The van der Waals surface area contributed by atoms with E-state index in [0.717, 1.165) is 18.4 Å². The maximum atomic E-state index is 13.3. The topological polar surface area (TPSA) is 23.5 Å². The summed E-state index contributed by atoms with van der Waals surface area (Å²) in [5.74, 6) is 0. The molecule has 0 saturated heterocycles. The van der Waals surface area contributed by atoms with E-state index in [9.17, 15) is 22.7 Å². The second-order valence-corrected chi connectivity index (χ2v) is 4.05. The third-order valence-electron chi connectivity index (χ3n) is 2.67. The highest BCUT2D eigenvalue weighted by Crippen LogP contribution is 2.32. The van der Waals surface area contributed by atoms with Gasteiger partial charge in [-0.15, -0.1) is 0 Å². The number of aliphatic hydroxyl groups excluding tert-OH is 1. The van der Waals surface area contributed by atoms with Crippen LogP contribution >= 0.6 is 0 Å². The van der Waals surface area contributed by atoms with Crippen molar-refractivity contribution >= 4 is 5.69 Å². The summed E-state index contributed by atoms with van der Waals surface area (Å²) in [6.45, 7) is 0. The Hall–Kier alpha value is -1.82. The van der Waals surface area contributed by atoms with Crippen molar-refractivity contribution < 1.29 is 22.7 Å². The molecule has 6 heteroatoms. The molecule has 2 nitrogen and oxygen atoms in total. The summed E-state index contributed by atoms with van der Waals surface area (Å²) in [4.78, 5) is 1.17. The molecule has 1 N–H and O–H groups in total.